The molecular weight excluding hydrogens is 438 g/mol. The number of nitrogens with zero attached hydrogens (tertiary/aromatic N) is 3. The fourth-order valence-electron chi connectivity index (χ4n) is 4.09. The molecule has 36 heavy (non-hydrogen) atoms. The van der Waals surface area contributed by atoms with E-state index in [-0.39, 0.29) is 0 Å². The summed E-state index contributed by atoms with van der Waals surface area (Å²) in [4.78, 5) is 13.1. The predicted molar refractivity (Wildman–Crippen MR) is 153 cm³/mol. The van der Waals surface area contributed by atoms with E-state index in [1.54, 1.807) is 0 Å². The minimum atomic E-state index is 1.00. The van der Waals surface area contributed by atoms with Crippen molar-refractivity contribution in [3.8, 4) is 0 Å². The molecular formula is C33H33N3. The van der Waals surface area contributed by atoms with Gasteiger partial charge in [-0.3, -0.25) is 15.0 Å². The Balaban J connectivity index is 0.000000127. The van der Waals surface area contributed by atoms with E-state index in [0.29, 0.717) is 0 Å². The van der Waals surface area contributed by atoms with Crippen LogP contribution in [-0.2, 0) is 19.3 Å². The molecule has 0 aliphatic carbocycles. The van der Waals surface area contributed by atoms with E-state index in [2.05, 4.69) is 115 Å². The molecule has 0 radical (unpaired) electrons. The van der Waals surface area contributed by atoms with Gasteiger partial charge in [-0.15, -0.1) is 0 Å². The van der Waals surface area contributed by atoms with Crippen LogP contribution in [0.25, 0.3) is 32.4 Å². The first-order valence-electron chi connectivity index (χ1n) is 12.7. The van der Waals surface area contributed by atoms with Crippen molar-refractivity contribution in [1.82, 2.24) is 15.0 Å². The lowest BCUT2D eigenvalue weighted by molar-refractivity contribution is 1.05. The van der Waals surface area contributed by atoms with Crippen LogP contribution < -0.4 is 0 Å². The van der Waals surface area contributed by atoms with Crippen LogP contribution in [0.5, 0.6) is 0 Å². The lowest BCUT2D eigenvalue weighted by Gasteiger charge is -2.01. The van der Waals surface area contributed by atoms with Crippen LogP contribution in [0.4, 0.5) is 0 Å². The van der Waals surface area contributed by atoms with Gasteiger partial charge in [0, 0.05) is 45.6 Å². The van der Waals surface area contributed by atoms with Crippen LogP contribution in [0, 0.1) is 0 Å². The van der Waals surface area contributed by atoms with Crippen molar-refractivity contribution in [2.24, 2.45) is 0 Å². The number of aryl methyl sites for hydroxylation is 3. The van der Waals surface area contributed by atoms with Gasteiger partial charge in [0.2, 0.25) is 0 Å². The van der Waals surface area contributed by atoms with E-state index in [9.17, 15) is 0 Å². The molecule has 6 aromatic rings. The molecule has 3 heteroatoms. The van der Waals surface area contributed by atoms with E-state index in [4.69, 9.17) is 0 Å². The molecule has 0 saturated carbocycles. The summed E-state index contributed by atoms with van der Waals surface area (Å²) < 4.78 is 0. The number of fused-ring (bicyclic) bond motifs is 3. The topological polar surface area (TPSA) is 38.7 Å². The molecule has 0 fully saturated rings. The number of rotatable bonds is 3. The van der Waals surface area contributed by atoms with E-state index >= 15 is 0 Å². The van der Waals surface area contributed by atoms with Gasteiger partial charge in [0.25, 0.3) is 0 Å². The monoisotopic (exact) mass is 471 g/mol. The molecule has 0 atom stereocenters. The molecule has 3 heterocycles. The van der Waals surface area contributed by atoms with Crippen molar-refractivity contribution in [3.63, 3.8) is 0 Å². The molecule has 0 aliphatic heterocycles. The zero-order valence-corrected chi connectivity index (χ0v) is 21.4. The Morgan fingerprint density at radius 3 is 1.94 bits per heavy atom. The number of hydrogen-bond donors (Lipinski definition) is 0. The average Bonchev–Trinajstić information content (AvgIpc) is 2.97. The third-order valence-corrected chi connectivity index (χ3v) is 6.16. The Bertz CT molecular complexity index is 1460. The largest absolute Gasteiger partial charge is 0.261 e. The van der Waals surface area contributed by atoms with Crippen LogP contribution in [0.3, 0.4) is 0 Å². The third kappa shape index (κ3) is 6.31. The summed E-state index contributed by atoms with van der Waals surface area (Å²) in [5, 5.41) is 6.28. The standard InChI is InChI=1S/3C11H11N/c1-2-11-7-9-5-3-4-6-10(9)8-12-11;1-2-11-10-6-4-3-5-9(10)7-8-12-11;1-2-10-8-7-9-5-3-4-6-11(9)12-10/h3*3-8H,2H2,1H3. The summed E-state index contributed by atoms with van der Waals surface area (Å²) in [6.45, 7) is 6.38. The Kier molecular flexibility index (Phi) is 8.72. The fraction of sp³-hybridized carbons (Fsp3) is 0.182. The van der Waals surface area contributed by atoms with Crippen LogP contribution in [0.1, 0.15) is 37.9 Å². The summed E-state index contributed by atoms with van der Waals surface area (Å²) >= 11 is 0. The molecule has 0 spiro atoms. The van der Waals surface area contributed by atoms with Crippen LogP contribution >= 0.6 is 0 Å². The molecule has 6 rings (SSSR count). The number of aromatic nitrogens is 3. The summed E-state index contributed by atoms with van der Waals surface area (Å²) in [5.41, 5.74) is 4.60. The van der Waals surface area contributed by atoms with Crippen molar-refractivity contribution < 1.29 is 0 Å². The molecule has 3 aromatic carbocycles. The Hall–Kier alpha value is -4.11. The maximum absolute atomic E-state index is 4.49. The lowest BCUT2D eigenvalue weighted by atomic mass is 10.1. The van der Waals surface area contributed by atoms with E-state index in [1.807, 2.05) is 30.6 Å². The highest BCUT2D eigenvalue weighted by Gasteiger charge is 1.97. The maximum atomic E-state index is 4.49. The molecule has 180 valence electrons. The average molecular weight is 472 g/mol. The highest BCUT2D eigenvalue weighted by atomic mass is 14.7. The van der Waals surface area contributed by atoms with Crippen molar-refractivity contribution in [2.75, 3.05) is 0 Å². The second-order valence-corrected chi connectivity index (χ2v) is 8.56. The molecule has 0 N–H and O–H groups in total. The van der Waals surface area contributed by atoms with Crippen molar-refractivity contribution in [3.05, 3.63) is 127 Å². The highest BCUT2D eigenvalue weighted by molar-refractivity contribution is 5.84. The maximum Gasteiger partial charge on any atom is 0.0705 e. The summed E-state index contributed by atoms with van der Waals surface area (Å²) in [5.74, 6) is 0. The molecule has 0 aliphatic rings. The second kappa shape index (κ2) is 12.6. The Labute approximate surface area is 213 Å². The first kappa shape index (κ1) is 25.0. The van der Waals surface area contributed by atoms with Crippen molar-refractivity contribution >= 4 is 32.4 Å². The van der Waals surface area contributed by atoms with Gasteiger partial charge in [0.15, 0.2) is 0 Å². The van der Waals surface area contributed by atoms with Crippen LogP contribution in [-0.4, -0.2) is 15.0 Å². The van der Waals surface area contributed by atoms with Crippen molar-refractivity contribution in [1.29, 1.82) is 0 Å². The summed E-state index contributed by atoms with van der Waals surface area (Å²) in [6.07, 6.45) is 6.83. The lowest BCUT2D eigenvalue weighted by Crippen LogP contribution is -1.87. The highest BCUT2D eigenvalue weighted by Crippen LogP contribution is 2.16. The summed E-state index contributed by atoms with van der Waals surface area (Å²) in [7, 11) is 0. The zero-order valence-electron chi connectivity index (χ0n) is 21.4. The van der Waals surface area contributed by atoms with Gasteiger partial charge in [-0.1, -0.05) is 93.6 Å². The molecule has 0 amide bonds. The van der Waals surface area contributed by atoms with Crippen LogP contribution in [0.15, 0.2) is 109 Å². The van der Waals surface area contributed by atoms with E-state index < -0.39 is 0 Å². The van der Waals surface area contributed by atoms with Gasteiger partial charge >= 0.3 is 0 Å². The predicted octanol–water partition coefficient (Wildman–Crippen LogP) is 8.39. The normalized spacial score (nSPS) is 10.4. The first-order chi connectivity index (χ1) is 17.7. The molecule has 3 nitrogen and oxygen atoms in total. The van der Waals surface area contributed by atoms with E-state index in [1.165, 1.54) is 32.6 Å². The second-order valence-electron chi connectivity index (χ2n) is 8.56. The summed E-state index contributed by atoms with van der Waals surface area (Å²) in [6, 6.07) is 33.3. The quantitative estimate of drug-likeness (QED) is 0.260. The first-order valence-corrected chi connectivity index (χ1v) is 12.7. The Morgan fingerprint density at radius 1 is 0.528 bits per heavy atom. The number of pyridine rings is 3. The van der Waals surface area contributed by atoms with Gasteiger partial charge in [-0.2, -0.15) is 0 Å². The van der Waals surface area contributed by atoms with Gasteiger partial charge in [0.05, 0.1) is 5.52 Å². The van der Waals surface area contributed by atoms with Crippen molar-refractivity contribution in [2.45, 2.75) is 40.0 Å². The fourth-order valence-corrected chi connectivity index (χ4v) is 4.09. The van der Waals surface area contributed by atoms with Crippen LogP contribution in [0.2, 0.25) is 0 Å². The molecule has 0 bridgehead atoms. The van der Waals surface area contributed by atoms with Gasteiger partial charge < -0.3 is 0 Å². The molecule has 0 unspecified atom stereocenters. The minimum absolute atomic E-state index is 1.00. The van der Waals surface area contributed by atoms with E-state index in [0.717, 1.165) is 36.2 Å². The SMILES string of the molecule is CCc1cc2ccccc2cn1.CCc1ccc2ccccc2n1.CCc1nccc2ccccc12. The minimum Gasteiger partial charge on any atom is -0.261 e. The Morgan fingerprint density at radius 2 is 1.19 bits per heavy atom. The van der Waals surface area contributed by atoms with Gasteiger partial charge in [-0.25, -0.2) is 0 Å². The van der Waals surface area contributed by atoms with Gasteiger partial charge in [-0.05, 0) is 54.3 Å². The molecule has 0 saturated heterocycles. The smallest absolute Gasteiger partial charge is 0.0705 e. The molecule has 3 aromatic heterocycles. The number of hydrogen-bond acceptors (Lipinski definition) is 3. The number of benzene rings is 3. The third-order valence-electron chi connectivity index (χ3n) is 6.16. The zero-order chi connectivity index (χ0) is 25.2. The number of para-hydroxylation sites is 1. The van der Waals surface area contributed by atoms with Gasteiger partial charge in [0.1, 0.15) is 0 Å².